The number of aromatic nitrogens is 1. The van der Waals surface area contributed by atoms with Gasteiger partial charge in [0, 0.05) is 17.9 Å². The maximum absolute atomic E-state index is 14.5. The first-order chi connectivity index (χ1) is 13.6. The first-order valence-corrected chi connectivity index (χ1v) is 10.2. The van der Waals surface area contributed by atoms with Gasteiger partial charge in [-0.2, -0.15) is 0 Å². The number of oxime groups is 1. The summed E-state index contributed by atoms with van der Waals surface area (Å²) < 4.78 is 49.8. The number of anilines is 1. The molecule has 0 fully saturated rings. The Balaban J connectivity index is 1.60. The summed E-state index contributed by atoms with van der Waals surface area (Å²) in [7, 11) is -3.82. The highest BCUT2D eigenvalue weighted by Crippen LogP contribution is 2.30. The van der Waals surface area contributed by atoms with E-state index in [0.717, 1.165) is 6.07 Å². The molecule has 1 aliphatic heterocycles. The zero-order valence-electron chi connectivity index (χ0n) is 15.4. The highest BCUT2D eigenvalue weighted by Gasteiger charge is 2.36. The lowest BCUT2D eigenvalue weighted by atomic mass is 10.1. The number of amides is 1. The molecular formula is C18H16FN3O6S. The van der Waals surface area contributed by atoms with E-state index in [4.69, 9.17) is 13.8 Å². The molecule has 0 radical (unpaired) electrons. The van der Waals surface area contributed by atoms with E-state index in [9.17, 15) is 17.6 Å². The van der Waals surface area contributed by atoms with Crippen molar-refractivity contribution in [3.8, 4) is 0 Å². The van der Waals surface area contributed by atoms with Crippen molar-refractivity contribution >= 4 is 37.4 Å². The van der Waals surface area contributed by atoms with E-state index < -0.39 is 32.9 Å². The number of rotatable bonds is 4. The Hall–Kier alpha value is -3.21. The minimum absolute atomic E-state index is 0.0105. The molecule has 1 aliphatic rings. The van der Waals surface area contributed by atoms with Crippen molar-refractivity contribution < 1.29 is 31.4 Å². The number of halogens is 1. The highest BCUT2D eigenvalue weighted by molar-refractivity contribution is 8.05. The molecule has 3 heterocycles. The lowest BCUT2D eigenvalue weighted by molar-refractivity contribution is 0.0123. The second-order valence-corrected chi connectivity index (χ2v) is 9.15. The number of carbonyl (C=O) groups excluding carboxylic acids is 1. The quantitative estimate of drug-likeness (QED) is 0.686. The summed E-state index contributed by atoms with van der Waals surface area (Å²) in [5.41, 5.74) is -0.701. The molecule has 0 bridgehead atoms. The van der Waals surface area contributed by atoms with E-state index in [-0.39, 0.29) is 39.6 Å². The molecule has 3 aromatic rings. The van der Waals surface area contributed by atoms with Gasteiger partial charge in [0.1, 0.15) is 22.9 Å². The van der Waals surface area contributed by atoms with Crippen molar-refractivity contribution in [3.05, 3.63) is 47.8 Å². The van der Waals surface area contributed by atoms with Crippen molar-refractivity contribution in [1.29, 1.82) is 0 Å². The van der Waals surface area contributed by atoms with Crippen LogP contribution < -0.4 is 5.32 Å². The monoisotopic (exact) mass is 421 g/mol. The van der Waals surface area contributed by atoms with Crippen LogP contribution in [0.4, 0.5) is 10.1 Å². The number of carbonyl (C=O) groups is 1. The standard InChI is InChI=1S/C18H16FN3O6S/c1-18(2)8-16(22-28-18)29(24,25)9-13-10-6-11(19)12(7-15(10)27-21-13)20-17(23)14-4-3-5-26-14/h3-7H,8-9H2,1-2H3,(H,20,23). The maximum atomic E-state index is 14.5. The highest BCUT2D eigenvalue weighted by atomic mass is 32.2. The summed E-state index contributed by atoms with van der Waals surface area (Å²) in [5.74, 6) is -1.92. The summed E-state index contributed by atoms with van der Waals surface area (Å²) >= 11 is 0. The lowest BCUT2D eigenvalue weighted by Gasteiger charge is -2.13. The van der Waals surface area contributed by atoms with Crippen LogP contribution in [0, 0.1) is 5.82 Å². The van der Waals surface area contributed by atoms with Crippen LogP contribution in [0.5, 0.6) is 0 Å². The van der Waals surface area contributed by atoms with Gasteiger partial charge in [-0.15, -0.1) is 0 Å². The molecule has 2 aromatic heterocycles. The molecule has 1 N–H and O–H groups in total. The molecule has 1 aromatic carbocycles. The van der Waals surface area contributed by atoms with Crippen molar-refractivity contribution in [3.63, 3.8) is 0 Å². The Morgan fingerprint density at radius 2 is 2.14 bits per heavy atom. The Morgan fingerprint density at radius 3 is 2.79 bits per heavy atom. The third-order valence-electron chi connectivity index (χ3n) is 4.28. The van der Waals surface area contributed by atoms with E-state index in [0.29, 0.717) is 0 Å². The van der Waals surface area contributed by atoms with Gasteiger partial charge in [0.2, 0.25) is 9.84 Å². The first-order valence-electron chi connectivity index (χ1n) is 8.55. The van der Waals surface area contributed by atoms with Crippen LogP contribution in [-0.2, 0) is 20.4 Å². The van der Waals surface area contributed by atoms with Crippen molar-refractivity contribution in [1.82, 2.24) is 5.16 Å². The van der Waals surface area contributed by atoms with Crippen LogP contribution >= 0.6 is 0 Å². The minimum Gasteiger partial charge on any atom is -0.459 e. The molecule has 0 atom stereocenters. The van der Waals surface area contributed by atoms with E-state index in [2.05, 4.69) is 15.6 Å². The smallest absolute Gasteiger partial charge is 0.291 e. The average Bonchev–Trinajstić information content (AvgIpc) is 3.36. The lowest BCUT2D eigenvalue weighted by Crippen LogP contribution is -2.23. The topological polar surface area (TPSA) is 124 Å². The van der Waals surface area contributed by atoms with Gasteiger partial charge in [-0.3, -0.25) is 4.79 Å². The number of furan rings is 1. The zero-order chi connectivity index (χ0) is 20.8. The van der Waals surface area contributed by atoms with Gasteiger partial charge in [0.15, 0.2) is 16.4 Å². The molecule has 0 saturated heterocycles. The number of fused-ring (bicyclic) bond motifs is 1. The Kier molecular flexibility index (Phi) is 4.41. The molecule has 11 heteroatoms. The van der Waals surface area contributed by atoms with Crippen LogP contribution in [0.15, 0.2) is 44.6 Å². The van der Waals surface area contributed by atoms with Crippen LogP contribution in [0.1, 0.15) is 36.5 Å². The number of sulfone groups is 1. The number of nitrogens with zero attached hydrogens (tertiary/aromatic N) is 2. The molecule has 1 amide bonds. The SMILES string of the molecule is CC1(C)CC(S(=O)(=O)Cc2noc3cc(NC(=O)c4ccco4)c(F)cc23)=NO1. The molecule has 4 rings (SSSR count). The van der Waals surface area contributed by atoms with E-state index in [1.807, 2.05) is 0 Å². The Bertz CT molecular complexity index is 1230. The van der Waals surface area contributed by atoms with Gasteiger partial charge in [-0.1, -0.05) is 10.3 Å². The van der Waals surface area contributed by atoms with Gasteiger partial charge in [-0.25, -0.2) is 12.8 Å². The summed E-state index contributed by atoms with van der Waals surface area (Å²) in [6, 6.07) is 5.25. The first kappa shape index (κ1) is 19.1. The van der Waals surface area contributed by atoms with Gasteiger partial charge < -0.3 is 19.1 Å². The minimum atomic E-state index is -3.82. The van der Waals surface area contributed by atoms with E-state index >= 15 is 0 Å². The summed E-state index contributed by atoms with van der Waals surface area (Å²) in [6.45, 7) is 3.44. The Labute approximate surface area is 164 Å². The predicted molar refractivity (Wildman–Crippen MR) is 100 cm³/mol. The van der Waals surface area contributed by atoms with Crippen molar-refractivity contribution in [2.24, 2.45) is 5.16 Å². The number of hydrogen-bond acceptors (Lipinski definition) is 8. The molecule has 152 valence electrons. The third-order valence-corrected chi connectivity index (χ3v) is 5.88. The number of benzene rings is 1. The summed E-state index contributed by atoms with van der Waals surface area (Å²) in [6.07, 6.45) is 1.45. The van der Waals surface area contributed by atoms with Crippen LogP contribution in [0.25, 0.3) is 11.0 Å². The van der Waals surface area contributed by atoms with Crippen LogP contribution in [0.2, 0.25) is 0 Å². The third kappa shape index (κ3) is 3.73. The fourth-order valence-corrected chi connectivity index (χ4v) is 4.29. The van der Waals surface area contributed by atoms with E-state index in [1.165, 1.54) is 24.5 Å². The van der Waals surface area contributed by atoms with Crippen molar-refractivity contribution in [2.75, 3.05) is 5.32 Å². The second-order valence-electron chi connectivity index (χ2n) is 7.16. The fraction of sp³-hybridized carbons (Fsp3) is 0.278. The molecule has 9 nitrogen and oxygen atoms in total. The largest absolute Gasteiger partial charge is 0.459 e. The molecule has 0 spiro atoms. The maximum Gasteiger partial charge on any atom is 0.291 e. The van der Waals surface area contributed by atoms with Gasteiger partial charge in [0.25, 0.3) is 5.91 Å². The number of nitrogens with one attached hydrogen (secondary N) is 1. The molecule has 0 aliphatic carbocycles. The number of hydrogen-bond donors (Lipinski definition) is 1. The second kappa shape index (κ2) is 6.69. The van der Waals surface area contributed by atoms with Gasteiger partial charge in [-0.05, 0) is 32.0 Å². The molecule has 0 unspecified atom stereocenters. The molecule has 29 heavy (non-hydrogen) atoms. The van der Waals surface area contributed by atoms with Crippen LogP contribution in [-0.4, -0.2) is 30.1 Å². The Morgan fingerprint density at radius 1 is 1.34 bits per heavy atom. The van der Waals surface area contributed by atoms with Crippen molar-refractivity contribution in [2.45, 2.75) is 31.6 Å². The van der Waals surface area contributed by atoms with Gasteiger partial charge in [0.05, 0.1) is 12.0 Å². The fourth-order valence-electron chi connectivity index (χ4n) is 2.83. The predicted octanol–water partition coefficient (Wildman–Crippen LogP) is 3.24. The average molecular weight is 421 g/mol. The van der Waals surface area contributed by atoms with E-state index in [1.54, 1.807) is 13.8 Å². The summed E-state index contributed by atoms with van der Waals surface area (Å²) in [5, 5.41) is 9.85. The van der Waals surface area contributed by atoms with Gasteiger partial charge >= 0.3 is 0 Å². The summed E-state index contributed by atoms with van der Waals surface area (Å²) in [4.78, 5) is 17.1. The zero-order valence-corrected chi connectivity index (χ0v) is 16.2. The van der Waals surface area contributed by atoms with Crippen LogP contribution in [0.3, 0.4) is 0 Å². The molecule has 0 saturated carbocycles. The normalized spacial score (nSPS) is 15.9. The molecular weight excluding hydrogens is 405 g/mol.